The summed E-state index contributed by atoms with van der Waals surface area (Å²) in [6, 6.07) is 0. The lowest BCUT2D eigenvalue weighted by Gasteiger charge is -2.16. The summed E-state index contributed by atoms with van der Waals surface area (Å²) in [5, 5.41) is 12.3. The van der Waals surface area contributed by atoms with E-state index in [-0.39, 0.29) is 18.0 Å². The molecule has 1 saturated heterocycles. The van der Waals surface area contributed by atoms with Crippen molar-refractivity contribution in [1.29, 1.82) is 0 Å². The van der Waals surface area contributed by atoms with Crippen molar-refractivity contribution in [3.8, 4) is 0 Å². The normalized spacial score (nSPS) is 25.3. The van der Waals surface area contributed by atoms with E-state index in [0.29, 0.717) is 18.8 Å². The maximum Gasteiger partial charge on any atom is 0.154 e. The van der Waals surface area contributed by atoms with Crippen LogP contribution < -0.4 is 5.32 Å². The van der Waals surface area contributed by atoms with Crippen LogP contribution in [0.4, 0.5) is 0 Å². The van der Waals surface area contributed by atoms with E-state index in [4.69, 9.17) is 4.74 Å². The van der Waals surface area contributed by atoms with E-state index in [1.807, 2.05) is 13.8 Å². The topological polar surface area (TPSA) is 75.6 Å². The van der Waals surface area contributed by atoms with Gasteiger partial charge in [-0.15, -0.1) is 0 Å². The number of ether oxygens (including phenoxy) is 1. The molecule has 1 heterocycles. The van der Waals surface area contributed by atoms with E-state index in [9.17, 15) is 13.5 Å². The zero-order chi connectivity index (χ0) is 12.9. The molecule has 0 aromatic heterocycles. The molecule has 1 aliphatic rings. The molecule has 5 nitrogen and oxygen atoms in total. The molecule has 0 saturated carbocycles. The van der Waals surface area contributed by atoms with Crippen molar-refractivity contribution in [2.45, 2.75) is 44.1 Å². The molecule has 17 heavy (non-hydrogen) atoms. The maximum atomic E-state index is 11.5. The Balaban J connectivity index is 2.15. The van der Waals surface area contributed by atoms with Gasteiger partial charge in [0.2, 0.25) is 0 Å². The smallest absolute Gasteiger partial charge is 0.154 e. The summed E-state index contributed by atoms with van der Waals surface area (Å²) in [4.78, 5) is 0. The van der Waals surface area contributed by atoms with Gasteiger partial charge in [0.1, 0.15) is 0 Å². The number of rotatable bonds is 7. The highest BCUT2D eigenvalue weighted by atomic mass is 32.2. The molecule has 0 spiro atoms. The Hall–Kier alpha value is -0.170. The molecule has 0 aromatic rings. The highest BCUT2D eigenvalue weighted by Crippen LogP contribution is 2.18. The van der Waals surface area contributed by atoms with Gasteiger partial charge in [0.15, 0.2) is 9.84 Å². The fourth-order valence-electron chi connectivity index (χ4n) is 1.86. The third-order valence-corrected chi connectivity index (χ3v) is 5.11. The molecule has 102 valence electrons. The highest BCUT2D eigenvalue weighted by Gasteiger charge is 2.30. The van der Waals surface area contributed by atoms with Crippen LogP contribution in [0.3, 0.4) is 0 Å². The van der Waals surface area contributed by atoms with E-state index in [1.165, 1.54) is 0 Å². The van der Waals surface area contributed by atoms with Gasteiger partial charge in [-0.25, -0.2) is 8.42 Å². The molecule has 6 heteroatoms. The van der Waals surface area contributed by atoms with Gasteiger partial charge in [-0.3, -0.25) is 0 Å². The molecule has 2 unspecified atom stereocenters. The van der Waals surface area contributed by atoms with Crippen molar-refractivity contribution in [2.24, 2.45) is 0 Å². The lowest BCUT2D eigenvalue weighted by Crippen LogP contribution is -2.37. The summed E-state index contributed by atoms with van der Waals surface area (Å²) < 4.78 is 28.3. The van der Waals surface area contributed by atoms with Crippen LogP contribution in [0, 0.1) is 0 Å². The molecular formula is C11H23NO4S. The van der Waals surface area contributed by atoms with Gasteiger partial charge < -0.3 is 15.2 Å². The number of hydrogen-bond acceptors (Lipinski definition) is 5. The second-order valence-corrected chi connectivity index (χ2v) is 7.23. The quantitative estimate of drug-likeness (QED) is 0.674. The van der Waals surface area contributed by atoms with E-state index in [1.54, 1.807) is 0 Å². The van der Waals surface area contributed by atoms with Crippen molar-refractivity contribution in [3.05, 3.63) is 0 Å². The highest BCUT2D eigenvalue weighted by molar-refractivity contribution is 7.92. The van der Waals surface area contributed by atoms with Crippen molar-refractivity contribution < 1.29 is 18.3 Å². The van der Waals surface area contributed by atoms with E-state index in [2.05, 4.69) is 5.32 Å². The first-order chi connectivity index (χ1) is 7.92. The van der Waals surface area contributed by atoms with Crippen LogP contribution in [0.5, 0.6) is 0 Å². The minimum atomic E-state index is -2.89. The van der Waals surface area contributed by atoms with Gasteiger partial charge >= 0.3 is 0 Å². The Morgan fingerprint density at radius 1 is 1.47 bits per heavy atom. The van der Waals surface area contributed by atoms with Crippen molar-refractivity contribution in [1.82, 2.24) is 5.32 Å². The van der Waals surface area contributed by atoms with Crippen LogP contribution >= 0.6 is 0 Å². The fraction of sp³-hybridized carbons (Fsp3) is 1.00. The van der Waals surface area contributed by atoms with E-state index < -0.39 is 15.9 Å². The molecule has 1 fully saturated rings. The van der Waals surface area contributed by atoms with Crippen LogP contribution in [0.15, 0.2) is 0 Å². The molecular weight excluding hydrogens is 242 g/mol. The molecule has 0 aromatic carbocycles. The molecule has 2 N–H and O–H groups in total. The van der Waals surface area contributed by atoms with Crippen LogP contribution in [-0.4, -0.2) is 56.4 Å². The summed E-state index contributed by atoms with van der Waals surface area (Å²) >= 11 is 0. The SMILES string of the molecule is CC(C)OCC(O)CNCC1CCCS1(=O)=O. The summed E-state index contributed by atoms with van der Waals surface area (Å²) in [7, 11) is -2.89. The summed E-state index contributed by atoms with van der Waals surface area (Å²) in [5.41, 5.74) is 0. The number of sulfone groups is 1. The lowest BCUT2D eigenvalue weighted by molar-refractivity contribution is 0.00649. The molecule has 0 aliphatic carbocycles. The zero-order valence-electron chi connectivity index (χ0n) is 10.6. The monoisotopic (exact) mass is 265 g/mol. The Kier molecular flexibility index (Phi) is 5.85. The Bertz CT molecular complexity index is 315. The van der Waals surface area contributed by atoms with E-state index >= 15 is 0 Å². The third-order valence-electron chi connectivity index (χ3n) is 2.84. The number of nitrogens with one attached hydrogen (secondary N) is 1. The molecule has 0 radical (unpaired) electrons. The van der Waals surface area contributed by atoms with Crippen LogP contribution in [0.1, 0.15) is 26.7 Å². The average Bonchev–Trinajstić information content (AvgIpc) is 2.55. The van der Waals surface area contributed by atoms with Crippen LogP contribution in [-0.2, 0) is 14.6 Å². The second kappa shape index (κ2) is 6.68. The molecule has 1 rings (SSSR count). The van der Waals surface area contributed by atoms with Crippen molar-refractivity contribution >= 4 is 9.84 Å². The maximum absolute atomic E-state index is 11.5. The van der Waals surface area contributed by atoms with Gasteiger partial charge in [-0.05, 0) is 26.7 Å². The molecule has 2 atom stereocenters. The summed E-state index contributed by atoms with van der Waals surface area (Å²) in [6.45, 7) is 4.90. The minimum Gasteiger partial charge on any atom is -0.389 e. The first-order valence-electron chi connectivity index (χ1n) is 6.14. The Morgan fingerprint density at radius 2 is 2.18 bits per heavy atom. The zero-order valence-corrected chi connectivity index (χ0v) is 11.4. The first-order valence-corrected chi connectivity index (χ1v) is 7.85. The molecule has 0 bridgehead atoms. The van der Waals surface area contributed by atoms with Gasteiger partial charge in [0.25, 0.3) is 0 Å². The minimum absolute atomic E-state index is 0.0971. The Labute approximate surface area is 103 Å². The fourth-order valence-corrected chi connectivity index (χ4v) is 3.66. The first kappa shape index (κ1) is 14.9. The molecule has 1 aliphatic heterocycles. The lowest BCUT2D eigenvalue weighted by atomic mass is 10.2. The van der Waals surface area contributed by atoms with Crippen LogP contribution in [0.2, 0.25) is 0 Å². The summed E-state index contributed by atoms with van der Waals surface area (Å²) in [5.74, 6) is 0.304. The molecule has 0 amide bonds. The van der Waals surface area contributed by atoms with Crippen molar-refractivity contribution in [3.63, 3.8) is 0 Å². The van der Waals surface area contributed by atoms with Crippen molar-refractivity contribution in [2.75, 3.05) is 25.4 Å². The number of aliphatic hydroxyl groups is 1. The number of aliphatic hydroxyl groups excluding tert-OH is 1. The third kappa shape index (κ3) is 5.33. The predicted octanol–water partition coefficient (Wildman–Crippen LogP) is -0.0609. The standard InChI is InChI=1S/C11H23NO4S/c1-9(2)16-8-10(13)6-12-7-11-4-3-5-17(11,14)15/h9-13H,3-8H2,1-2H3. The number of hydrogen-bond donors (Lipinski definition) is 2. The summed E-state index contributed by atoms with van der Waals surface area (Å²) in [6.07, 6.45) is 1.00. The second-order valence-electron chi connectivity index (χ2n) is 4.83. The van der Waals surface area contributed by atoms with Gasteiger partial charge in [0, 0.05) is 13.1 Å². The van der Waals surface area contributed by atoms with Crippen LogP contribution in [0.25, 0.3) is 0 Å². The van der Waals surface area contributed by atoms with Gasteiger partial charge in [-0.2, -0.15) is 0 Å². The Morgan fingerprint density at radius 3 is 2.71 bits per heavy atom. The largest absolute Gasteiger partial charge is 0.389 e. The van der Waals surface area contributed by atoms with E-state index in [0.717, 1.165) is 12.8 Å². The average molecular weight is 265 g/mol. The predicted molar refractivity (Wildman–Crippen MR) is 66.8 cm³/mol. The van der Waals surface area contributed by atoms with Gasteiger partial charge in [-0.1, -0.05) is 0 Å². The van der Waals surface area contributed by atoms with Gasteiger partial charge in [0.05, 0.1) is 29.8 Å².